The predicted molar refractivity (Wildman–Crippen MR) is 152 cm³/mol. The molecular formula is C28H31N5O3S2. The van der Waals surface area contributed by atoms with Crippen molar-refractivity contribution in [2.75, 3.05) is 51.2 Å². The first-order valence-electron chi connectivity index (χ1n) is 12.6. The highest BCUT2D eigenvalue weighted by atomic mass is 32.2. The first kappa shape index (κ1) is 26.3. The van der Waals surface area contributed by atoms with Gasteiger partial charge in [0.2, 0.25) is 10.0 Å². The fourth-order valence-electron chi connectivity index (χ4n) is 4.47. The highest BCUT2D eigenvalue weighted by Crippen LogP contribution is 2.29. The molecular weight excluding hydrogens is 518 g/mol. The van der Waals surface area contributed by atoms with Gasteiger partial charge in [-0.25, -0.2) is 13.4 Å². The molecule has 1 fully saturated rings. The molecule has 0 saturated carbocycles. The Morgan fingerprint density at radius 3 is 2.34 bits per heavy atom. The molecule has 8 nitrogen and oxygen atoms in total. The van der Waals surface area contributed by atoms with Gasteiger partial charge in [-0.3, -0.25) is 9.69 Å². The van der Waals surface area contributed by atoms with Crippen molar-refractivity contribution in [1.82, 2.24) is 19.5 Å². The van der Waals surface area contributed by atoms with Gasteiger partial charge >= 0.3 is 0 Å². The van der Waals surface area contributed by atoms with Crippen LogP contribution in [0.5, 0.6) is 0 Å². The van der Waals surface area contributed by atoms with Crippen LogP contribution >= 0.6 is 11.3 Å². The van der Waals surface area contributed by atoms with E-state index < -0.39 is 10.0 Å². The van der Waals surface area contributed by atoms with Crippen molar-refractivity contribution in [2.24, 2.45) is 0 Å². The molecule has 2 heterocycles. The normalized spacial score (nSPS) is 14.7. The molecule has 38 heavy (non-hydrogen) atoms. The van der Waals surface area contributed by atoms with E-state index in [1.165, 1.54) is 21.1 Å². The Labute approximate surface area is 227 Å². The number of thiazole rings is 1. The number of carbonyl (C=O) groups is 1. The summed E-state index contributed by atoms with van der Waals surface area (Å²) in [6.07, 6.45) is 0. The first-order chi connectivity index (χ1) is 18.4. The molecule has 10 heteroatoms. The van der Waals surface area contributed by atoms with Gasteiger partial charge in [0.05, 0.1) is 15.1 Å². The third kappa shape index (κ3) is 6.05. The zero-order chi connectivity index (χ0) is 26.5. The number of fused-ring (bicyclic) bond motifs is 1. The van der Waals surface area contributed by atoms with E-state index in [1.54, 1.807) is 30.5 Å². The number of hydrogen-bond acceptors (Lipinski definition) is 7. The van der Waals surface area contributed by atoms with Gasteiger partial charge in [0.25, 0.3) is 5.91 Å². The second-order valence-electron chi connectivity index (χ2n) is 9.32. The topological polar surface area (TPSA) is 85.8 Å². The van der Waals surface area contributed by atoms with Crippen molar-refractivity contribution in [2.45, 2.75) is 11.4 Å². The Kier molecular flexibility index (Phi) is 8.04. The van der Waals surface area contributed by atoms with Gasteiger partial charge in [0.15, 0.2) is 5.13 Å². The molecule has 0 unspecified atom stereocenters. The summed E-state index contributed by atoms with van der Waals surface area (Å²) < 4.78 is 28.4. The number of nitrogens with one attached hydrogen (secondary N) is 1. The monoisotopic (exact) mass is 549 g/mol. The van der Waals surface area contributed by atoms with Crippen LogP contribution < -0.4 is 10.2 Å². The van der Waals surface area contributed by atoms with Crippen LogP contribution in [0.1, 0.15) is 15.9 Å². The van der Waals surface area contributed by atoms with Crippen LogP contribution in [-0.2, 0) is 16.6 Å². The highest BCUT2D eigenvalue weighted by molar-refractivity contribution is 7.89. The summed E-state index contributed by atoms with van der Waals surface area (Å²) in [6.45, 7) is 5.20. The lowest BCUT2D eigenvalue weighted by Crippen LogP contribution is -2.48. The van der Waals surface area contributed by atoms with E-state index >= 15 is 0 Å². The Balaban J connectivity index is 1.08. The lowest BCUT2D eigenvalue weighted by atomic mass is 10.2. The molecule has 0 spiro atoms. The molecule has 1 amide bonds. The quantitative estimate of drug-likeness (QED) is 0.343. The smallest absolute Gasteiger partial charge is 0.251 e. The number of anilines is 1. The van der Waals surface area contributed by atoms with Gasteiger partial charge in [-0.15, -0.1) is 0 Å². The molecule has 1 saturated heterocycles. The fraction of sp³-hybridized carbons (Fsp3) is 0.286. The van der Waals surface area contributed by atoms with Crippen LogP contribution in [0.3, 0.4) is 0 Å². The SMILES string of the molecule is CN(Cc1ccccc1)S(=O)(=O)c1ccc(C(=O)NCCN2CCN(c3nc4ccccc4s3)CC2)cc1. The third-order valence-corrected chi connectivity index (χ3v) is 9.63. The fourth-order valence-corrected chi connectivity index (χ4v) is 6.65. The number of carbonyl (C=O) groups excluding carboxylic acids is 1. The van der Waals surface area contributed by atoms with Crippen molar-refractivity contribution < 1.29 is 13.2 Å². The molecule has 0 radical (unpaired) electrons. The maximum atomic E-state index is 12.9. The molecule has 1 aromatic heterocycles. The summed E-state index contributed by atoms with van der Waals surface area (Å²) in [4.78, 5) is 22.2. The average Bonchev–Trinajstić information content (AvgIpc) is 3.38. The number of para-hydroxylation sites is 1. The van der Waals surface area contributed by atoms with Gasteiger partial charge in [-0.2, -0.15) is 4.31 Å². The standard InChI is InChI=1S/C28H31N5O3S2/c1-31(21-22-7-3-2-4-8-22)38(35,36)24-13-11-23(12-14-24)27(34)29-15-16-32-17-19-33(20-18-32)28-30-25-9-5-6-10-26(25)37-28/h2-14H,15-21H2,1H3,(H,29,34). The number of aromatic nitrogens is 1. The molecule has 1 aliphatic rings. The Hall–Kier alpha value is -3.31. The van der Waals surface area contributed by atoms with Crippen molar-refractivity contribution in [3.05, 3.63) is 90.0 Å². The molecule has 0 bridgehead atoms. The number of amides is 1. The molecule has 4 aromatic rings. The maximum Gasteiger partial charge on any atom is 0.251 e. The Bertz CT molecular complexity index is 1450. The van der Waals surface area contributed by atoms with E-state index in [-0.39, 0.29) is 17.3 Å². The van der Waals surface area contributed by atoms with Gasteiger partial charge in [0.1, 0.15) is 0 Å². The van der Waals surface area contributed by atoms with E-state index in [0.29, 0.717) is 12.1 Å². The number of sulfonamides is 1. The van der Waals surface area contributed by atoms with E-state index in [0.717, 1.165) is 48.9 Å². The zero-order valence-corrected chi connectivity index (χ0v) is 22.9. The zero-order valence-electron chi connectivity index (χ0n) is 21.3. The number of nitrogens with zero attached hydrogens (tertiary/aromatic N) is 4. The van der Waals surface area contributed by atoms with Crippen LogP contribution in [-0.4, -0.2) is 74.8 Å². The maximum absolute atomic E-state index is 12.9. The van der Waals surface area contributed by atoms with Crippen molar-refractivity contribution in [1.29, 1.82) is 0 Å². The highest BCUT2D eigenvalue weighted by Gasteiger charge is 2.22. The minimum Gasteiger partial charge on any atom is -0.351 e. The molecule has 198 valence electrons. The molecule has 3 aromatic carbocycles. The van der Waals surface area contributed by atoms with E-state index in [4.69, 9.17) is 4.98 Å². The number of rotatable bonds is 9. The summed E-state index contributed by atoms with van der Waals surface area (Å²) in [5.41, 5.74) is 2.39. The molecule has 5 rings (SSSR count). The predicted octanol–water partition coefficient (Wildman–Crippen LogP) is 3.67. The second kappa shape index (κ2) is 11.6. The summed E-state index contributed by atoms with van der Waals surface area (Å²) in [5.74, 6) is -0.209. The molecule has 0 aliphatic carbocycles. The minimum absolute atomic E-state index is 0.165. The van der Waals surface area contributed by atoms with Crippen LogP contribution in [0.2, 0.25) is 0 Å². The Morgan fingerprint density at radius 1 is 0.947 bits per heavy atom. The van der Waals surface area contributed by atoms with E-state index in [9.17, 15) is 13.2 Å². The van der Waals surface area contributed by atoms with Crippen LogP contribution in [0.25, 0.3) is 10.2 Å². The van der Waals surface area contributed by atoms with Gasteiger partial charge < -0.3 is 10.2 Å². The van der Waals surface area contributed by atoms with Crippen LogP contribution in [0, 0.1) is 0 Å². The molecule has 0 atom stereocenters. The summed E-state index contributed by atoms with van der Waals surface area (Å²) in [5, 5.41) is 4.02. The van der Waals surface area contributed by atoms with E-state index in [2.05, 4.69) is 21.2 Å². The summed E-state index contributed by atoms with van der Waals surface area (Å²) in [7, 11) is -2.10. The summed E-state index contributed by atoms with van der Waals surface area (Å²) >= 11 is 1.73. The largest absolute Gasteiger partial charge is 0.351 e. The van der Waals surface area contributed by atoms with Gasteiger partial charge in [0, 0.05) is 58.4 Å². The first-order valence-corrected chi connectivity index (χ1v) is 14.9. The van der Waals surface area contributed by atoms with Gasteiger partial charge in [-0.1, -0.05) is 53.8 Å². The van der Waals surface area contributed by atoms with E-state index in [1.807, 2.05) is 48.5 Å². The third-order valence-electron chi connectivity index (χ3n) is 6.71. The lowest BCUT2D eigenvalue weighted by Gasteiger charge is -2.34. The van der Waals surface area contributed by atoms with Gasteiger partial charge in [-0.05, 0) is 42.0 Å². The number of hydrogen-bond donors (Lipinski definition) is 1. The average molecular weight is 550 g/mol. The molecule has 1 aliphatic heterocycles. The number of benzene rings is 3. The molecule has 1 N–H and O–H groups in total. The summed E-state index contributed by atoms with van der Waals surface area (Å²) in [6, 6.07) is 23.8. The Morgan fingerprint density at radius 2 is 1.63 bits per heavy atom. The van der Waals surface area contributed by atoms with Crippen molar-refractivity contribution >= 4 is 42.6 Å². The van der Waals surface area contributed by atoms with Crippen LogP contribution in [0.15, 0.2) is 83.8 Å². The van der Waals surface area contributed by atoms with Crippen molar-refractivity contribution in [3.63, 3.8) is 0 Å². The second-order valence-corrected chi connectivity index (χ2v) is 12.4. The minimum atomic E-state index is -3.66. The number of piperazine rings is 1. The lowest BCUT2D eigenvalue weighted by molar-refractivity contribution is 0.0947. The van der Waals surface area contributed by atoms with Crippen LogP contribution in [0.4, 0.5) is 5.13 Å². The van der Waals surface area contributed by atoms with Crippen molar-refractivity contribution in [3.8, 4) is 0 Å².